The molecule has 1 aromatic carbocycles. The summed E-state index contributed by atoms with van der Waals surface area (Å²) in [5.74, 6) is 0.718. The fourth-order valence-electron chi connectivity index (χ4n) is 1.76. The predicted octanol–water partition coefficient (Wildman–Crippen LogP) is 1.49. The minimum absolute atomic E-state index is 0.0890. The third-order valence-electron chi connectivity index (χ3n) is 2.53. The first-order chi connectivity index (χ1) is 7.43. The zero-order valence-corrected chi connectivity index (χ0v) is 8.27. The molecule has 0 aliphatic carbocycles. The van der Waals surface area contributed by atoms with Crippen molar-refractivity contribution in [3.05, 3.63) is 30.2 Å². The maximum absolute atomic E-state index is 5.65. The molecule has 1 aliphatic rings. The fraction of sp³-hybridized carbons (Fsp3) is 0.364. The number of hydrogen-bond acceptors (Lipinski definition) is 4. The van der Waals surface area contributed by atoms with Gasteiger partial charge in [0.25, 0.3) is 0 Å². The molecule has 1 unspecified atom stereocenters. The molecular formula is C11H12N2O2. The normalized spacial score (nSPS) is 22.0. The molecule has 0 amide bonds. The molecule has 4 nitrogen and oxygen atoms in total. The highest BCUT2D eigenvalue weighted by molar-refractivity contribution is 5.72. The van der Waals surface area contributed by atoms with E-state index in [1.165, 1.54) is 0 Å². The van der Waals surface area contributed by atoms with Gasteiger partial charge in [-0.15, -0.1) is 0 Å². The summed E-state index contributed by atoms with van der Waals surface area (Å²) in [5, 5.41) is 3.32. The number of fused-ring (bicyclic) bond motifs is 1. The smallest absolute Gasteiger partial charge is 0.215 e. The van der Waals surface area contributed by atoms with Crippen molar-refractivity contribution >= 4 is 11.1 Å². The molecule has 2 heterocycles. The van der Waals surface area contributed by atoms with Crippen molar-refractivity contribution in [2.24, 2.45) is 0 Å². The molecule has 1 atom stereocenters. The topological polar surface area (TPSA) is 47.3 Å². The molecule has 2 aromatic rings. The van der Waals surface area contributed by atoms with Crippen molar-refractivity contribution in [3.63, 3.8) is 0 Å². The first-order valence-corrected chi connectivity index (χ1v) is 5.10. The molecule has 1 aromatic heterocycles. The van der Waals surface area contributed by atoms with E-state index in [4.69, 9.17) is 9.15 Å². The van der Waals surface area contributed by atoms with E-state index in [2.05, 4.69) is 10.3 Å². The number of benzene rings is 1. The van der Waals surface area contributed by atoms with Crippen LogP contribution in [0.15, 0.2) is 28.7 Å². The number of oxazole rings is 1. The van der Waals surface area contributed by atoms with Crippen LogP contribution in [0.1, 0.15) is 11.9 Å². The quantitative estimate of drug-likeness (QED) is 0.764. The van der Waals surface area contributed by atoms with Crippen LogP contribution < -0.4 is 5.32 Å². The second-order valence-corrected chi connectivity index (χ2v) is 3.60. The number of nitrogens with zero attached hydrogens (tertiary/aromatic N) is 1. The van der Waals surface area contributed by atoms with Crippen LogP contribution in [0, 0.1) is 0 Å². The number of rotatable bonds is 1. The maximum atomic E-state index is 5.65. The average molecular weight is 204 g/mol. The average Bonchev–Trinajstić information content (AvgIpc) is 2.74. The molecule has 1 saturated heterocycles. The van der Waals surface area contributed by atoms with Crippen LogP contribution in [0.5, 0.6) is 0 Å². The first-order valence-electron chi connectivity index (χ1n) is 5.10. The monoisotopic (exact) mass is 204 g/mol. The summed E-state index contributed by atoms with van der Waals surface area (Å²) in [6.07, 6.45) is 0. The van der Waals surface area contributed by atoms with Gasteiger partial charge in [-0.25, -0.2) is 4.98 Å². The highest BCUT2D eigenvalue weighted by Crippen LogP contribution is 2.20. The van der Waals surface area contributed by atoms with Gasteiger partial charge < -0.3 is 14.5 Å². The minimum atomic E-state index is 0.0890. The number of aromatic nitrogens is 1. The molecule has 1 aliphatic heterocycles. The van der Waals surface area contributed by atoms with Gasteiger partial charge in [0, 0.05) is 6.54 Å². The van der Waals surface area contributed by atoms with E-state index in [9.17, 15) is 0 Å². The summed E-state index contributed by atoms with van der Waals surface area (Å²) < 4.78 is 11.0. The number of nitrogens with one attached hydrogen (secondary N) is 1. The number of ether oxygens (including phenoxy) is 1. The predicted molar refractivity (Wildman–Crippen MR) is 55.6 cm³/mol. The van der Waals surface area contributed by atoms with Gasteiger partial charge in [0.2, 0.25) is 5.89 Å². The molecule has 0 bridgehead atoms. The van der Waals surface area contributed by atoms with Gasteiger partial charge in [0.05, 0.1) is 13.2 Å². The molecule has 78 valence electrons. The fourth-order valence-corrected chi connectivity index (χ4v) is 1.76. The van der Waals surface area contributed by atoms with Crippen molar-refractivity contribution in [1.29, 1.82) is 0 Å². The summed E-state index contributed by atoms with van der Waals surface area (Å²) >= 11 is 0. The lowest BCUT2D eigenvalue weighted by Crippen LogP contribution is -2.34. The van der Waals surface area contributed by atoms with Gasteiger partial charge in [-0.05, 0) is 12.1 Å². The molecule has 1 N–H and O–H groups in total. The number of morpholine rings is 1. The Hall–Kier alpha value is -1.39. The molecule has 0 radical (unpaired) electrons. The van der Waals surface area contributed by atoms with E-state index < -0.39 is 0 Å². The highest BCUT2D eigenvalue weighted by Gasteiger charge is 2.20. The van der Waals surface area contributed by atoms with Crippen LogP contribution in [0.2, 0.25) is 0 Å². The SMILES string of the molecule is c1ccc2oc(C3COCCN3)nc2c1. The minimum Gasteiger partial charge on any atom is -0.439 e. The standard InChI is InChI=1S/C11H12N2O2/c1-2-4-10-8(3-1)13-11(15-10)9-7-14-6-5-12-9/h1-4,9,12H,5-7H2. The van der Waals surface area contributed by atoms with Crippen LogP contribution in [0.3, 0.4) is 0 Å². The van der Waals surface area contributed by atoms with Crippen molar-refractivity contribution in [2.75, 3.05) is 19.8 Å². The molecule has 15 heavy (non-hydrogen) atoms. The van der Waals surface area contributed by atoms with Crippen molar-refractivity contribution < 1.29 is 9.15 Å². The van der Waals surface area contributed by atoms with Gasteiger partial charge in [0.15, 0.2) is 5.58 Å². The van der Waals surface area contributed by atoms with Crippen molar-refractivity contribution in [1.82, 2.24) is 10.3 Å². The van der Waals surface area contributed by atoms with E-state index in [1.807, 2.05) is 24.3 Å². The van der Waals surface area contributed by atoms with E-state index in [1.54, 1.807) is 0 Å². The van der Waals surface area contributed by atoms with Crippen LogP contribution in [0.25, 0.3) is 11.1 Å². The number of para-hydroxylation sites is 2. The van der Waals surface area contributed by atoms with Crippen LogP contribution >= 0.6 is 0 Å². The second-order valence-electron chi connectivity index (χ2n) is 3.60. The largest absolute Gasteiger partial charge is 0.439 e. The van der Waals surface area contributed by atoms with Gasteiger partial charge >= 0.3 is 0 Å². The molecule has 4 heteroatoms. The lowest BCUT2D eigenvalue weighted by atomic mass is 10.3. The van der Waals surface area contributed by atoms with Gasteiger partial charge in [0.1, 0.15) is 11.6 Å². The van der Waals surface area contributed by atoms with E-state index >= 15 is 0 Å². The second kappa shape index (κ2) is 3.64. The lowest BCUT2D eigenvalue weighted by molar-refractivity contribution is 0.0687. The van der Waals surface area contributed by atoms with Gasteiger partial charge in [-0.3, -0.25) is 0 Å². The van der Waals surface area contributed by atoms with Crippen LogP contribution in [-0.4, -0.2) is 24.7 Å². The Morgan fingerprint density at radius 1 is 1.33 bits per heavy atom. The Kier molecular flexibility index (Phi) is 2.16. The van der Waals surface area contributed by atoms with E-state index in [-0.39, 0.29) is 6.04 Å². The summed E-state index contributed by atoms with van der Waals surface area (Å²) in [6.45, 7) is 2.24. The Balaban J connectivity index is 1.96. The third-order valence-corrected chi connectivity index (χ3v) is 2.53. The Morgan fingerprint density at radius 3 is 3.07 bits per heavy atom. The van der Waals surface area contributed by atoms with Gasteiger partial charge in [-0.2, -0.15) is 0 Å². The first kappa shape index (κ1) is 8.88. The number of hydrogen-bond donors (Lipinski definition) is 1. The molecular weight excluding hydrogens is 192 g/mol. The third kappa shape index (κ3) is 1.62. The van der Waals surface area contributed by atoms with E-state index in [0.29, 0.717) is 6.61 Å². The van der Waals surface area contributed by atoms with Crippen LogP contribution in [0.4, 0.5) is 0 Å². The molecule has 0 spiro atoms. The lowest BCUT2D eigenvalue weighted by Gasteiger charge is -2.20. The zero-order valence-electron chi connectivity index (χ0n) is 8.27. The Morgan fingerprint density at radius 2 is 2.27 bits per heavy atom. The maximum Gasteiger partial charge on any atom is 0.215 e. The van der Waals surface area contributed by atoms with Gasteiger partial charge in [-0.1, -0.05) is 12.1 Å². The van der Waals surface area contributed by atoms with E-state index in [0.717, 1.165) is 30.1 Å². The highest BCUT2D eigenvalue weighted by atomic mass is 16.5. The summed E-state index contributed by atoms with van der Waals surface area (Å²) in [5.41, 5.74) is 1.74. The molecule has 0 saturated carbocycles. The van der Waals surface area contributed by atoms with Crippen LogP contribution in [-0.2, 0) is 4.74 Å². The van der Waals surface area contributed by atoms with Crippen molar-refractivity contribution in [2.45, 2.75) is 6.04 Å². The summed E-state index contributed by atoms with van der Waals surface area (Å²) in [7, 11) is 0. The van der Waals surface area contributed by atoms with Crippen molar-refractivity contribution in [3.8, 4) is 0 Å². The zero-order chi connectivity index (χ0) is 10.1. The molecule has 3 rings (SSSR count). The Labute approximate surface area is 87.2 Å². The molecule has 1 fully saturated rings. The summed E-state index contributed by atoms with van der Waals surface area (Å²) in [6, 6.07) is 7.87. The summed E-state index contributed by atoms with van der Waals surface area (Å²) in [4.78, 5) is 4.43. The Bertz CT molecular complexity index is 427.